The van der Waals surface area contributed by atoms with E-state index in [9.17, 15) is 14.4 Å². The first kappa shape index (κ1) is 19.2. The lowest BCUT2D eigenvalue weighted by molar-refractivity contribution is 0.104. The molecule has 3 N–H and O–H groups in total. The van der Waals surface area contributed by atoms with Crippen LogP contribution in [0.15, 0.2) is 24.3 Å². The highest BCUT2D eigenvalue weighted by Crippen LogP contribution is 2.16. The molecule has 9 heteroatoms. The molecule has 0 saturated heterocycles. The third kappa shape index (κ3) is 6.13. The zero-order valence-corrected chi connectivity index (χ0v) is 13.6. The second-order valence-corrected chi connectivity index (χ2v) is 4.38. The van der Waals surface area contributed by atoms with Gasteiger partial charge in [-0.2, -0.15) is 0 Å². The number of nitrogens with zero attached hydrogens (tertiary/aromatic N) is 1. The molecule has 3 amide bonds. The zero-order chi connectivity index (χ0) is 17.9. The number of ether oxygens (including phenoxy) is 3. The van der Waals surface area contributed by atoms with Crippen molar-refractivity contribution in [1.29, 1.82) is 0 Å². The van der Waals surface area contributed by atoms with Crippen LogP contribution in [0.3, 0.4) is 0 Å². The van der Waals surface area contributed by atoms with Gasteiger partial charge in [-0.1, -0.05) is 0 Å². The minimum atomic E-state index is -0.814. The van der Waals surface area contributed by atoms with Crippen molar-refractivity contribution in [2.45, 2.75) is 13.8 Å². The fraction of sp³-hybridized carbons (Fsp3) is 0.400. The van der Waals surface area contributed by atoms with Gasteiger partial charge in [0.25, 0.3) is 0 Å². The number of nitrogens with two attached hydrogens (primary N) is 1. The number of imide groups is 1. The molecule has 0 atom stereocenters. The van der Waals surface area contributed by atoms with E-state index >= 15 is 0 Å². The predicted octanol–water partition coefficient (Wildman–Crippen LogP) is 2.17. The maximum absolute atomic E-state index is 12.1. The van der Waals surface area contributed by atoms with Crippen molar-refractivity contribution < 1.29 is 28.6 Å². The van der Waals surface area contributed by atoms with Crippen molar-refractivity contribution in [2.24, 2.45) is 5.73 Å². The predicted molar refractivity (Wildman–Crippen MR) is 85.9 cm³/mol. The number of nitrogens with one attached hydrogen (secondary N) is 1. The molecule has 0 spiro atoms. The average Bonchev–Trinajstić information content (AvgIpc) is 2.54. The first-order valence-corrected chi connectivity index (χ1v) is 7.41. The highest BCUT2D eigenvalue weighted by molar-refractivity contribution is 5.99. The summed E-state index contributed by atoms with van der Waals surface area (Å²) in [4.78, 5) is 35.9. The molecule has 1 aromatic rings. The molecule has 0 fully saturated rings. The molecule has 0 heterocycles. The summed E-state index contributed by atoms with van der Waals surface area (Å²) in [6.45, 7) is 3.79. The largest absolute Gasteiger partial charge is 0.513 e. The van der Waals surface area contributed by atoms with Gasteiger partial charge in [-0.05, 0) is 38.1 Å². The summed E-state index contributed by atoms with van der Waals surface area (Å²) < 4.78 is 14.3. The van der Waals surface area contributed by atoms with Crippen LogP contribution < -0.4 is 15.8 Å². The molecule has 0 radical (unpaired) electrons. The third-order valence-corrected chi connectivity index (χ3v) is 2.66. The maximum Gasteiger partial charge on any atom is 0.513 e. The Balaban J connectivity index is 2.68. The van der Waals surface area contributed by atoms with Gasteiger partial charge in [0, 0.05) is 18.8 Å². The van der Waals surface area contributed by atoms with Crippen molar-refractivity contribution in [3.8, 4) is 5.75 Å². The van der Waals surface area contributed by atoms with Gasteiger partial charge in [0.1, 0.15) is 5.75 Å². The molecule has 0 saturated carbocycles. The fourth-order valence-electron chi connectivity index (χ4n) is 1.65. The molecule has 9 nitrogen and oxygen atoms in total. The number of amides is 3. The lowest BCUT2D eigenvalue weighted by Crippen LogP contribution is -2.43. The van der Waals surface area contributed by atoms with E-state index in [2.05, 4.69) is 10.1 Å². The van der Waals surface area contributed by atoms with Gasteiger partial charge in [0.15, 0.2) is 0 Å². The Kier molecular flexibility index (Phi) is 8.06. The number of anilines is 1. The molecule has 0 aliphatic carbocycles. The molecule has 0 unspecified atom stereocenters. The number of urea groups is 1. The van der Waals surface area contributed by atoms with Crippen molar-refractivity contribution in [3.63, 3.8) is 0 Å². The van der Waals surface area contributed by atoms with Crippen LogP contribution in [0.5, 0.6) is 5.75 Å². The Morgan fingerprint density at radius 1 is 1.08 bits per heavy atom. The summed E-state index contributed by atoms with van der Waals surface area (Å²) in [7, 11) is 0. The number of carbonyl (C=O) groups excluding carboxylic acids is 3. The average molecular weight is 339 g/mol. The summed E-state index contributed by atoms with van der Waals surface area (Å²) >= 11 is 0. The third-order valence-electron chi connectivity index (χ3n) is 2.66. The molecule has 0 aliphatic heterocycles. The quantitative estimate of drug-likeness (QED) is 0.602. The van der Waals surface area contributed by atoms with E-state index < -0.39 is 18.3 Å². The minimum absolute atomic E-state index is 0.0225. The monoisotopic (exact) mass is 339 g/mol. The lowest BCUT2D eigenvalue weighted by Gasteiger charge is -2.19. The van der Waals surface area contributed by atoms with Crippen LogP contribution in [0.1, 0.15) is 13.8 Å². The molecule has 132 valence electrons. The fourth-order valence-corrected chi connectivity index (χ4v) is 1.65. The number of rotatable bonds is 6. The van der Waals surface area contributed by atoms with Gasteiger partial charge in [0.2, 0.25) is 0 Å². The van der Waals surface area contributed by atoms with Crippen molar-refractivity contribution in [2.75, 3.05) is 31.6 Å². The first-order chi connectivity index (χ1) is 11.5. The van der Waals surface area contributed by atoms with Crippen LogP contribution in [-0.4, -0.2) is 49.5 Å². The van der Waals surface area contributed by atoms with Crippen LogP contribution in [0.25, 0.3) is 0 Å². The van der Waals surface area contributed by atoms with Gasteiger partial charge in [-0.15, -0.1) is 0 Å². The normalized spacial score (nSPS) is 9.79. The molecular formula is C15H21N3O6. The summed E-state index contributed by atoms with van der Waals surface area (Å²) in [6.07, 6.45) is -1.59. The van der Waals surface area contributed by atoms with Gasteiger partial charge in [-0.3, -0.25) is 0 Å². The smallest absolute Gasteiger partial charge is 0.449 e. The van der Waals surface area contributed by atoms with E-state index in [-0.39, 0.29) is 32.1 Å². The van der Waals surface area contributed by atoms with Crippen LogP contribution in [0.4, 0.5) is 20.1 Å². The Hall–Kier alpha value is -2.81. The van der Waals surface area contributed by atoms with Crippen LogP contribution in [0.2, 0.25) is 0 Å². The van der Waals surface area contributed by atoms with E-state index in [4.69, 9.17) is 15.2 Å². The van der Waals surface area contributed by atoms with Crippen LogP contribution in [-0.2, 0) is 9.47 Å². The second-order valence-electron chi connectivity index (χ2n) is 4.38. The van der Waals surface area contributed by atoms with Crippen molar-refractivity contribution >= 4 is 24.0 Å². The molecular weight excluding hydrogens is 318 g/mol. The molecule has 0 aliphatic rings. The van der Waals surface area contributed by atoms with Gasteiger partial charge >= 0.3 is 18.3 Å². The second kappa shape index (κ2) is 10.1. The summed E-state index contributed by atoms with van der Waals surface area (Å²) in [6, 6.07) is 5.31. The molecule has 24 heavy (non-hydrogen) atoms. The topological polar surface area (TPSA) is 120 Å². The van der Waals surface area contributed by atoms with Crippen molar-refractivity contribution in [3.05, 3.63) is 24.3 Å². The molecule has 1 aromatic carbocycles. The van der Waals surface area contributed by atoms with E-state index in [1.807, 2.05) is 0 Å². The van der Waals surface area contributed by atoms with Gasteiger partial charge < -0.3 is 25.3 Å². The minimum Gasteiger partial charge on any atom is -0.449 e. The summed E-state index contributed by atoms with van der Waals surface area (Å²) in [5.41, 5.74) is 5.80. The van der Waals surface area contributed by atoms with E-state index in [0.29, 0.717) is 5.69 Å². The SMILES string of the molecule is CCOC(=O)Oc1ccc(NC(=O)N(CCN)C(=O)OCC)cc1. The van der Waals surface area contributed by atoms with Crippen molar-refractivity contribution in [1.82, 2.24) is 4.90 Å². The number of carbonyl (C=O) groups is 3. The van der Waals surface area contributed by atoms with E-state index in [1.54, 1.807) is 13.8 Å². The number of hydrogen-bond donors (Lipinski definition) is 2. The Morgan fingerprint density at radius 2 is 1.71 bits per heavy atom. The summed E-state index contributed by atoms with van der Waals surface area (Å²) in [5, 5.41) is 2.53. The van der Waals surface area contributed by atoms with Crippen LogP contribution >= 0.6 is 0 Å². The highest BCUT2D eigenvalue weighted by atomic mass is 16.7. The zero-order valence-electron chi connectivity index (χ0n) is 13.6. The standard InChI is InChI=1S/C15H21N3O6/c1-3-22-14(20)18(10-9-16)13(19)17-11-5-7-12(8-6-11)24-15(21)23-4-2/h5-8H,3-4,9-10,16H2,1-2H3,(H,17,19). The van der Waals surface area contributed by atoms with E-state index in [1.165, 1.54) is 24.3 Å². The summed E-state index contributed by atoms with van der Waals surface area (Å²) in [5.74, 6) is 0.260. The van der Waals surface area contributed by atoms with Gasteiger partial charge in [-0.25, -0.2) is 19.3 Å². The van der Waals surface area contributed by atoms with E-state index in [0.717, 1.165) is 4.90 Å². The van der Waals surface area contributed by atoms with Gasteiger partial charge in [0.05, 0.1) is 13.2 Å². The maximum atomic E-state index is 12.1. The molecule has 0 bridgehead atoms. The lowest BCUT2D eigenvalue weighted by atomic mass is 10.3. The first-order valence-electron chi connectivity index (χ1n) is 7.41. The molecule has 0 aromatic heterocycles. The highest BCUT2D eigenvalue weighted by Gasteiger charge is 2.22. The Bertz CT molecular complexity index is 561. The Morgan fingerprint density at radius 3 is 2.25 bits per heavy atom. The Labute approximate surface area is 139 Å². The number of hydrogen-bond acceptors (Lipinski definition) is 7. The van der Waals surface area contributed by atoms with Crippen LogP contribution in [0, 0.1) is 0 Å². The molecule has 1 rings (SSSR count). The number of benzene rings is 1.